The van der Waals surface area contributed by atoms with Crippen molar-refractivity contribution in [3.05, 3.63) is 94.0 Å². The van der Waals surface area contributed by atoms with Gasteiger partial charge in [-0.15, -0.1) is 11.8 Å². The minimum atomic E-state index is -1.08. The molecule has 3 aromatic carbocycles. The molecule has 4 nitrogen and oxygen atoms in total. The number of carbonyl (C=O) groups excluding carboxylic acids is 2. The van der Waals surface area contributed by atoms with Crippen molar-refractivity contribution in [3.63, 3.8) is 0 Å². The van der Waals surface area contributed by atoms with Crippen LogP contribution >= 0.6 is 23.4 Å². The zero-order valence-corrected chi connectivity index (χ0v) is 18.8. The summed E-state index contributed by atoms with van der Waals surface area (Å²) in [7, 11) is 0. The first-order chi connectivity index (χ1) is 14.9. The van der Waals surface area contributed by atoms with Gasteiger partial charge in [-0.25, -0.2) is 0 Å². The van der Waals surface area contributed by atoms with Crippen molar-refractivity contribution in [1.29, 1.82) is 0 Å². The third-order valence-electron chi connectivity index (χ3n) is 6.07. The van der Waals surface area contributed by atoms with Crippen LogP contribution in [-0.4, -0.2) is 17.6 Å². The number of hydrogen-bond donors (Lipinski definition) is 0. The Kier molecular flexibility index (Phi) is 4.83. The molecule has 0 bridgehead atoms. The lowest BCUT2D eigenvalue weighted by atomic mass is 10.0. The van der Waals surface area contributed by atoms with Crippen molar-refractivity contribution in [1.82, 2.24) is 0 Å². The topological polar surface area (TPSA) is 40.6 Å². The molecular formula is C25H21ClN2O2S. The van der Waals surface area contributed by atoms with E-state index in [0.717, 1.165) is 33.6 Å². The average Bonchev–Trinajstić information content (AvgIpc) is 3.23. The summed E-state index contributed by atoms with van der Waals surface area (Å²) in [5, 5.41) is 0.659. The van der Waals surface area contributed by atoms with Crippen molar-refractivity contribution in [2.45, 2.75) is 25.3 Å². The molecule has 1 spiro atoms. The molecule has 6 heteroatoms. The number of anilines is 2. The lowest BCUT2D eigenvalue weighted by Gasteiger charge is -2.33. The average molecular weight is 449 g/mol. The second kappa shape index (κ2) is 7.43. The van der Waals surface area contributed by atoms with E-state index >= 15 is 0 Å². The Morgan fingerprint density at radius 1 is 0.968 bits per heavy atom. The summed E-state index contributed by atoms with van der Waals surface area (Å²) in [5.41, 5.74) is 5.70. The maximum atomic E-state index is 14.0. The van der Waals surface area contributed by atoms with Crippen LogP contribution in [0.1, 0.15) is 22.3 Å². The van der Waals surface area contributed by atoms with E-state index in [4.69, 9.17) is 11.6 Å². The van der Waals surface area contributed by atoms with Gasteiger partial charge in [-0.05, 0) is 60.9 Å². The number of hydrogen-bond acceptors (Lipinski definition) is 3. The summed E-state index contributed by atoms with van der Waals surface area (Å²) in [6, 6.07) is 21.2. The molecule has 5 rings (SSSR count). The van der Waals surface area contributed by atoms with Crippen molar-refractivity contribution in [2.75, 3.05) is 15.6 Å². The molecule has 2 aliphatic rings. The first kappa shape index (κ1) is 20.2. The first-order valence-corrected chi connectivity index (χ1v) is 11.5. The molecular weight excluding hydrogens is 428 g/mol. The Bertz CT molecular complexity index is 1210. The highest BCUT2D eigenvalue weighted by molar-refractivity contribution is 8.02. The number of carbonyl (C=O) groups is 2. The van der Waals surface area contributed by atoms with Crippen molar-refractivity contribution in [2.24, 2.45) is 0 Å². The number of thioether (sulfide) groups is 1. The number of benzene rings is 3. The number of aryl methyl sites for hydroxylation is 2. The largest absolute Gasteiger partial charge is 0.304 e. The van der Waals surface area contributed by atoms with Gasteiger partial charge in [-0.2, -0.15) is 0 Å². The van der Waals surface area contributed by atoms with E-state index in [1.807, 2.05) is 80.6 Å². The lowest BCUT2D eigenvalue weighted by Crippen LogP contribution is -2.49. The fraction of sp³-hybridized carbons (Fsp3) is 0.200. The summed E-state index contributed by atoms with van der Waals surface area (Å²) < 4.78 is 0. The third-order valence-corrected chi connectivity index (χ3v) is 7.70. The smallest absolute Gasteiger partial charge is 0.269 e. The molecule has 0 saturated carbocycles. The van der Waals surface area contributed by atoms with E-state index in [2.05, 4.69) is 0 Å². The van der Waals surface area contributed by atoms with Crippen LogP contribution in [0.3, 0.4) is 0 Å². The monoisotopic (exact) mass is 448 g/mol. The van der Waals surface area contributed by atoms with E-state index in [1.165, 1.54) is 11.8 Å². The van der Waals surface area contributed by atoms with Gasteiger partial charge in [-0.1, -0.05) is 48.0 Å². The second-order valence-electron chi connectivity index (χ2n) is 7.97. The van der Waals surface area contributed by atoms with E-state index in [1.54, 1.807) is 9.80 Å². The molecule has 156 valence electrons. The van der Waals surface area contributed by atoms with Gasteiger partial charge < -0.3 is 4.90 Å². The van der Waals surface area contributed by atoms with Gasteiger partial charge >= 0.3 is 0 Å². The van der Waals surface area contributed by atoms with Gasteiger partial charge in [-0.3, -0.25) is 14.5 Å². The zero-order valence-electron chi connectivity index (χ0n) is 17.3. The zero-order chi connectivity index (χ0) is 21.8. The number of nitrogens with zero attached hydrogens (tertiary/aromatic N) is 2. The van der Waals surface area contributed by atoms with Crippen molar-refractivity contribution in [3.8, 4) is 0 Å². The van der Waals surface area contributed by atoms with Gasteiger partial charge in [0, 0.05) is 16.3 Å². The first-order valence-electron chi connectivity index (χ1n) is 10.1. The maximum Gasteiger partial charge on any atom is 0.269 e. The Hall–Kier alpha value is -2.76. The van der Waals surface area contributed by atoms with Crippen LogP contribution in [-0.2, 0) is 21.0 Å². The summed E-state index contributed by atoms with van der Waals surface area (Å²) in [4.78, 5) is 29.5. The SMILES string of the molecule is Cc1ccc(N2C(=O)CSC23C(=O)N(Cc2ccc(Cl)cc2)c2ccccc23)cc1C. The van der Waals surface area contributed by atoms with Gasteiger partial charge in [0.2, 0.25) is 10.8 Å². The standard InChI is InChI=1S/C25H21ClN2O2S/c1-16-7-12-20(13-17(16)2)28-23(29)15-31-25(28)21-5-3-4-6-22(21)27(24(25)30)14-18-8-10-19(26)11-9-18/h3-13H,14-15H2,1-2H3. The predicted octanol–water partition coefficient (Wildman–Crippen LogP) is 5.44. The van der Waals surface area contributed by atoms with E-state index in [-0.39, 0.29) is 17.6 Å². The molecule has 1 fully saturated rings. The summed E-state index contributed by atoms with van der Waals surface area (Å²) in [5.74, 6) is 0.129. The fourth-order valence-electron chi connectivity index (χ4n) is 4.35. The second-order valence-corrected chi connectivity index (χ2v) is 9.57. The molecule has 31 heavy (non-hydrogen) atoms. The number of amides is 2. The Morgan fingerprint density at radius 3 is 2.45 bits per heavy atom. The Morgan fingerprint density at radius 2 is 1.71 bits per heavy atom. The van der Waals surface area contributed by atoms with Crippen LogP contribution in [0, 0.1) is 13.8 Å². The van der Waals surface area contributed by atoms with Crippen LogP contribution < -0.4 is 9.80 Å². The number of rotatable bonds is 3. The molecule has 0 aliphatic carbocycles. The Labute approximate surface area is 190 Å². The van der Waals surface area contributed by atoms with Gasteiger partial charge in [0.25, 0.3) is 5.91 Å². The van der Waals surface area contributed by atoms with Crippen LogP contribution in [0.2, 0.25) is 5.02 Å². The van der Waals surface area contributed by atoms with E-state index in [9.17, 15) is 9.59 Å². The number of para-hydroxylation sites is 1. The quantitative estimate of drug-likeness (QED) is 0.536. The van der Waals surface area contributed by atoms with E-state index < -0.39 is 4.87 Å². The molecule has 2 aliphatic heterocycles. The molecule has 2 heterocycles. The molecule has 1 unspecified atom stereocenters. The highest BCUT2D eigenvalue weighted by Crippen LogP contribution is 2.56. The minimum Gasteiger partial charge on any atom is -0.304 e. The highest BCUT2D eigenvalue weighted by Gasteiger charge is 2.60. The van der Waals surface area contributed by atoms with Crippen molar-refractivity contribution >= 4 is 46.6 Å². The van der Waals surface area contributed by atoms with Crippen LogP contribution in [0.5, 0.6) is 0 Å². The molecule has 1 atom stereocenters. The molecule has 0 radical (unpaired) electrons. The molecule has 0 aromatic heterocycles. The maximum absolute atomic E-state index is 14.0. The molecule has 1 saturated heterocycles. The van der Waals surface area contributed by atoms with Crippen LogP contribution in [0.15, 0.2) is 66.7 Å². The van der Waals surface area contributed by atoms with Gasteiger partial charge in [0.1, 0.15) is 0 Å². The number of halogens is 1. The summed E-state index contributed by atoms with van der Waals surface area (Å²) >= 11 is 7.44. The van der Waals surface area contributed by atoms with Crippen molar-refractivity contribution < 1.29 is 9.59 Å². The third kappa shape index (κ3) is 3.07. The molecule has 2 amide bonds. The van der Waals surface area contributed by atoms with Crippen LogP contribution in [0.4, 0.5) is 11.4 Å². The summed E-state index contributed by atoms with van der Waals surface area (Å²) in [6.07, 6.45) is 0. The molecule has 0 N–H and O–H groups in total. The molecule has 3 aromatic rings. The van der Waals surface area contributed by atoms with Gasteiger partial charge in [0.15, 0.2) is 0 Å². The van der Waals surface area contributed by atoms with E-state index in [0.29, 0.717) is 11.6 Å². The normalized spacial score (nSPS) is 20.1. The fourth-order valence-corrected chi connectivity index (χ4v) is 5.83. The van der Waals surface area contributed by atoms with Crippen LogP contribution in [0.25, 0.3) is 0 Å². The number of fused-ring (bicyclic) bond motifs is 2. The summed E-state index contributed by atoms with van der Waals surface area (Å²) in [6.45, 7) is 4.49. The lowest BCUT2D eigenvalue weighted by molar-refractivity contribution is -0.123. The Balaban J connectivity index is 1.63. The predicted molar refractivity (Wildman–Crippen MR) is 127 cm³/mol. The minimum absolute atomic E-state index is 0.0512. The van der Waals surface area contributed by atoms with Gasteiger partial charge in [0.05, 0.1) is 18.0 Å². The highest BCUT2D eigenvalue weighted by atomic mass is 35.5.